The number of halogens is 2. The number of phenolic OH excluding ortho intramolecular Hbond substituents is 1. The third-order valence-electron chi connectivity index (χ3n) is 6.93. The second kappa shape index (κ2) is 7.99. The molecule has 0 unspecified atom stereocenters. The third kappa shape index (κ3) is 3.54. The van der Waals surface area contributed by atoms with E-state index in [1.807, 2.05) is 0 Å². The van der Waals surface area contributed by atoms with Crippen molar-refractivity contribution < 1.29 is 13.9 Å². The van der Waals surface area contributed by atoms with Crippen LogP contribution in [0.1, 0.15) is 37.8 Å². The van der Waals surface area contributed by atoms with E-state index in [0.29, 0.717) is 23.1 Å². The number of hydrogen-bond donors (Lipinski definition) is 2. The zero-order valence-electron chi connectivity index (χ0n) is 18.1. The lowest BCUT2D eigenvalue weighted by atomic mass is 9.96. The zero-order chi connectivity index (χ0) is 23.4. The Balaban J connectivity index is 1.26. The van der Waals surface area contributed by atoms with Crippen LogP contribution in [0.3, 0.4) is 0 Å². The zero-order valence-corrected chi connectivity index (χ0v) is 18.1. The fourth-order valence-electron chi connectivity index (χ4n) is 5.15. The Hall–Kier alpha value is -3.65. The van der Waals surface area contributed by atoms with E-state index in [0.717, 1.165) is 38.3 Å². The number of benzene rings is 1. The highest BCUT2D eigenvalue weighted by Gasteiger charge is 2.48. The molecule has 34 heavy (non-hydrogen) atoms. The summed E-state index contributed by atoms with van der Waals surface area (Å²) in [6, 6.07) is 6.48. The van der Waals surface area contributed by atoms with Crippen molar-refractivity contribution in [3.63, 3.8) is 0 Å². The van der Waals surface area contributed by atoms with Gasteiger partial charge < -0.3 is 15.3 Å². The number of nitrogens with one attached hydrogen (secondary N) is 1. The molecule has 11 heteroatoms. The number of rotatable bonds is 5. The average molecular weight is 464 g/mol. The van der Waals surface area contributed by atoms with Gasteiger partial charge in [0.25, 0.3) is 0 Å². The van der Waals surface area contributed by atoms with Gasteiger partial charge in [-0.2, -0.15) is 10.4 Å². The van der Waals surface area contributed by atoms with Gasteiger partial charge in [-0.05, 0) is 44.2 Å². The Morgan fingerprint density at radius 1 is 1.21 bits per heavy atom. The Morgan fingerprint density at radius 2 is 2.06 bits per heavy atom. The van der Waals surface area contributed by atoms with Gasteiger partial charge in [0.2, 0.25) is 0 Å². The smallest absolute Gasteiger partial charge is 0.198 e. The Bertz CT molecular complexity index is 1270. The summed E-state index contributed by atoms with van der Waals surface area (Å²) in [5.74, 6) is -0.117. The van der Waals surface area contributed by atoms with Gasteiger partial charge in [0.05, 0.1) is 29.7 Å². The van der Waals surface area contributed by atoms with Crippen LogP contribution >= 0.6 is 0 Å². The van der Waals surface area contributed by atoms with Crippen LogP contribution in [0.5, 0.6) is 5.75 Å². The van der Waals surface area contributed by atoms with Crippen molar-refractivity contribution in [3.05, 3.63) is 42.1 Å². The summed E-state index contributed by atoms with van der Waals surface area (Å²) in [5, 5.41) is 35.2. The minimum atomic E-state index is -0.967. The fourth-order valence-corrected chi connectivity index (χ4v) is 5.15. The molecule has 3 aromatic rings. The van der Waals surface area contributed by atoms with Crippen LogP contribution < -0.4 is 10.2 Å². The van der Waals surface area contributed by atoms with Crippen molar-refractivity contribution in [1.29, 1.82) is 5.26 Å². The molecular weight excluding hydrogens is 442 g/mol. The molecule has 4 atom stereocenters. The van der Waals surface area contributed by atoms with Crippen molar-refractivity contribution >= 4 is 5.82 Å². The summed E-state index contributed by atoms with van der Waals surface area (Å²) in [6.07, 6.45) is 6.29. The topological polar surface area (TPSA) is 116 Å². The predicted octanol–water partition coefficient (Wildman–Crippen LogP) is 2.64. The number of nitrogens with zero attached hydrogens (tertiary/aromatic N) is 7. The highest BCUT2D eigenvalue weighted by atomic mass is 19.1. The SMILES string of the molecule is N#Cc1nn(-c2ccc(-c3ncc(N(C4CC4)[C@H]4C[C@@H]5CC[C@@H](N5)[C@H]4F)nn3)c(O)c2)cc1F. The van der Waals surface area contributed by atoms with Crippen molar-refractivity contribution in [1.82, 2.24) is 30.3 Å². The minimum Gasteiger partial charge on any atom is -0.507 e. The van der Waals surface area contributed by atoms with Gasteiger partial charge in [-0.3, -0.25) is 0 Å². The summed E-state index contributed by atoms with van der Waals surface area (Å²) in [5.41, 5.74) is 0.391. The van der Waals surface area contributed by atoms with E-state index in [2.05, 4.69) is 30.5 Å². The van der Waals surface area contributed by atoms with Gasteiger partial charge in [-0.15, -0.1) is 10.2 Å². The number of nitriles is 1. The first kappa shape index (κ1) is 20.9. The summed E-state index contributed by atoms with van der Waals surface area (Å²) in [4.78, 5) is 6.47. The summed E-state index contributed by atoms with van der Waals surface area (Å²) < 4.78 is 30.1. The fraction of sp³-hybridized carbons (Fsp3) is 0.435. The largest absolute Gasteiger partial charge is 0.507 e. The molecule has 174 valence electrons. The number of alkyl halides is 1. The van der Waals surface area contributed by atoms with Gasteiger partial charge in [0.15, 0.2) is 23.2 Å². The molecule has 1 aromatic carbocycles. The second-order valence-corrected chi connectivity index (χ2v) is 9.16. The molecule has 0 radical (unpaired) electrons. The van der Waals surface area contributed by atoms with E-state index in [-0.39, 0.29) is 35.4 Å². The molecule has 2 bridgehead atoms. The van der Waals surface area contributed by atoms with Crippen molar-refractivity contribution in [2.75, 3.05) is 4.90 Å². The molecule has 2 aromatic heterocycles. The van der Waals surface area contributed by atoms with Crippen LogP contribution in [0.25, 0.3) is 17.1 Å². The first-order chi connectivity index (χ1) is 16.5. The molecular formula is C23H22F2N8O. The van der Waals surface area contributed by atoms with Gasteiger partial charge >= 0.3 is 0 Å². The second-order valence-electron chi connectivity index (χ2n) is 9.16. The lowest BCUT2D eigenvalue weighted by Gasteiger charge is -2.40. The van der Waals surface area contributed by atoms with Crippen LogP contribution in [0, 0.1) is 17.1 Å². The summed E-state index contributed by atoms with van der Waals surface area (Å²) in [6.45, 7) is 0. The predicted molar refractivity (Wildman–Crippen MR) is 117 cm³/mol. The standard InChI is InChI=1S/C23H22F2N8O/c24-16-11-32(31-18(16)9-26)14-4-5-15(20(34)8-14)23-27-10-21(29-30-23)33(13-2-3-13)19-7-12-1-6-17(28-12)22(19)25/h4-5,8,10-13,17,19,22,28,34H,1-3,6-7H2/t12-,17+,19-,22+/m0/s1. The molecule has 0 spiro atoms. The Labute approximate surface area is 194 Å². The molecule has 1 aliphatic carbocycles. The van der Waals surface area contributed by atoms with Gasteiger partial charge in [-0.25, -0.2) is 18.4 Å². The van der Waals surface area contributed by atoms with E-state index in [1.54, 1.807) is 24.4 Å². The number of phenols is 1. The van der Waals surface area contributed by atoms with Gasteiger partial charge in [-0.1, -0.05) is 0 Å². The van der Waals surface area contributed by atoms with Gasteiger partial charge in [0.1, 0.15) is 18.0 Å². The lowest BCUT2D eigenvalue weighted by Crippen LogP contribution is -2.57. The number of hydrogen-bond acceptors (Lipinski definition) is 8. The molecule has 3 fully saturated rings. The van der Waals surface area contributed by atoms with Crippen LogP contribution in [0.4, 0.5) is 14.6 Å². The van der Waals surface area contributed by atoms with E-state index >= 15 is 4.39 Å². The van der Waals surface area contributed by atoms with E-state index in [1.165, 1.54) is 10.7 Å². The lowest BCUT2D eigenvalue weighted by molar-refractivity contribution is 0.171. The number of fused-ring (bicyclic) bond motifs is 2. The summed E-state index contributed by atoms with van der Waals surface area (Å²) >= 11 is 0. The van der Waals surface area contributed by atoms with E-state index < -0.39 is 12.0 Å². The van der Waals surface area contributed by atoms with Gasteiger partial charge in [0, 0.05) is 24.2 Å². The number of anilines is 1. The van der Waals surface area contributed by atoms with Crippen LogP contribution in [-0.4, -0.2) is 60.4 Å². The number of piperidine rings is 1. The maximum atomic E-state index is 15.2. The number of aromatic nitrogens is 5. The summed E-state index contributed by atoms with van der Waals surface area (Å²) in [7, 11) is 0. The van der Waals surface area contributed by atoms with Crippen LogP contribution in [0.2, 0.25) is 0 Å². The molecule has 2 aliphatic heterocycles. The normalized spacial score (nSPS) is 25.8. The molecule has 4 heterocycles. The first-order valence-electron chi connectivity index (χ1n) is 11.4. The quantitative estimate of drug-likeness (QED) is 0.592. The van der Waals surface area contributed by atoms with Crippen LogP contribution in [0.15, 0.2) is 30.6 Å². The maximum Gasteiger partial charge on any atom is 0.198 e. The maximum absolute atomic E-state index is 15.2. The van der Waals surface area contributed by atoms with Crippen LogP contribution in [-0.2, 0) is 0 Å². The molecule has 2 saturated heterocycles. The molecule has 9 nitrogen and oxygen atoms in total. The third-order valence-corrected chi connectivity index (χ3v) is 6.93. The highest BCUT2D eigenvalue weighted by Crippen LogP contribution is 2.40. The Kier molecular flexibility index (Phi) is 4.91. The van der Waals surface area contributed by atoms with E-state index in [9.17, 15) is 9.50 Å². The van der Waals surface area contributed by atoms with E-state index in [4.69, 9.17) is 5.26 Å². The monoisotopic (exact) mass is 464 g/mol. The average Bonchev–Trinajstić information content (AvgIpc) is 3.48. The first-order valence-corrected chi connectivity index (χ1v) is 11.4. The van der Waals surface area contributed by atoms with Crippen molar-refractivity contribution in [2.24, 2.45) is 0 Å². The molecule has 2 N–H and O–H groups in total. The molecule has 1 saturated carbocycles. The van der Waals surface area contributed by atoms with Crippen molar-refractivity contribution in [2.45, 2.75) is 62.4 Å². The minimum absolute atomic E-state index is 0.104. The number of aromatic hydroxyl groups is 1. The highest BCUT2D eigenvalue weighted by molar-refractivity contribution is 5.66. The molecule has 6 rings (SSSR count). The molecule has 3 aliphatic rings. The Morgan fingerprint density at radius 3 is 2.74 bits per heavy atom. The van der Waals surface area contributed by atoms with Crippen molar-refractivity contribution in [3.8, 4) is 28.9 Å². The molecule has 0 amide bonds.